The lowest BCUT2D eigenvalue weighted by atomic mass is 9.94. The number of phenols is 1. The third-order valence-electron chi connectivity index (χ3n) is 5.14. The normalized spacial score (nSPS) is 13.2. The quantitative estimate of drug-likeness (QED) is 0.328. The molecule has 1 aliphatic rings. The number of nitrogens with one attached hydrogen (secondary N) is 1. The van der Waals surface area contributed by atoms with Crippen LogP contribution >= 0.6 is 11.6 Å². The van der Waals surface area contributed by atoms with E-state index in [2.05, 4.69) is 15.3 Å². The average molecular weight is 451 g/mol. The second-order valence-corrected chi connectivity index (χ2v) is 7.42. The molecule has 160 valence electrons. The van der Waals surface area contributed by atoms with E-state index in [0.717, 1.165) is 0 Å². The van der Waals surface area contributed by atoms with Gasteiger partial charge in [0, 0.05) is 23.3 Å². The van der Waals surface area contributed by atoms with Gasteiger partial charge >= 0.3 is 0 Å². The number of halogens is 1. The number of fused-ring (bicyclic) bond motifs is 2. The Kier molecular flexibility index (Phi) is 4.87. The van der Waals surface area contributed by atoms with Crippen LogP contribution in [-0.2, 0) is 0 Å². The fraction of sp³-hybridized carbons (Fsp3) is 0.0909. The largest absolute Gasteiger partial charge is 0.505 e. The molecule has 9 nitrogen and oxygen atoms in total. The maximum atomic E-state index is 11.9. The summed E-state index contributed by atoms with van der Waals surface area (Å²) < 4.78 is 10.8. The number of benzene rings is 2. The lowest BCUT2D eigenvalue weighted by Crippen LogP contribution is -2.15. The Morgan fingerprint density at radius 1 is 1.06 bits per heavy atom. The molecular weight excluding hydrogens is 436 g/mol. The number of anilines is 1. The Hall–Kier alpha value is -4.11. The van der Waals surface area contributed by atoms with E-state index in [-0.39, 0.29) is 35.1 Å². The molecule has 1 aliphatic heterocycles. The highest BCUT2D eigenvalue weighted by Gasteiger charge is 2.31. The van der Waals surface area contributed by atoms with Crippen LogP contribution in [0.1, 0.15) is 17.2 Å². The molecule has 10 heteroatoms. The number of nitrogens with zero attached hydrogens (tertiary/aromatic N) is 3. The fourth-order valence-corrected chi connectivity index (χ4v) is 3.95. The van der Waals surface area contributed by atoms with Crippen molar-refractivity contribution in [2.45, 2.75) is 6.04 Å². The van der Waals surface area contributed by atoms with Gasteiger partial charge in [0.15, 0.2) is 11.5 Å². The van der Waals surface area contributed by atoms with E-state index in [4.69, 9.17) is 21.1 Å². The molecular formula is C22H15ClN4O5. The molecule has 0 radical (unpaired) electrons. The lowest BCUT2D eigenvalue weighted by molar-refractivity contribution is -0.385. The van der Waals surface area contributed by atoms with Crippen molar-refractivity contribution in [2.75, 3.05) is 12.1 Å². The summed E-state index contributed by atoms with van der Waals surface area (Å²) in [4.78, 5) is 19.9. The Morgan fingerprint density at radius 2 is 1.84 bits per heavy atom. The minimum absolute atomic E-state index is 0.0365. The van der Waals surface area contributed by atoms with E-state index in [1.165, 1.54) is 18.3 Å². The smallest absolute Gasteiger partial charge is 0.279 e. The number of nitro groups is 1. The first-order valence-electron chi connectivity index (χ1n) is 9.54. The van der Waals surface area contributed by atoms with Gasteiger partial charge < -0.3 is 19.9 Å². The molecule has 2 aromatic carbocycles. The molecule has 3 heterocycles. The summed E-state index contributed by atoms with van der Waals surface area (Å²) in [6.45, 7) is -0.0365. The molecule has 0 fully saturated rings. The van der Waals surface area contributed by atoms with Gasteiger partial charge in [0.25, 0.3) is 5.69 Å². The molecule has 2 N–H and O–H groups in total. The van der Waals surface area contributed by atoms with Crippen LogP contribution in [0.2, 0.25) is 5.02 Å². The van der Waals surface area contributed by atoms with Gasteiger partial charge in [-0.1, -0.05) is 17.7 Å². The molecule has 5 rings (SSSR count). The van der Waals surface area contributed by atoms with Gasteiger partial charge in [-0.3, -0.25) is 15.1 Å². The zero-order valence-corrected chi connectivity index (χ0v) is 17.1. The van der Waals surface area contributed by atoms with Gasteiger partial charge in [0.1, 0.15) is 17.1 Å². The van der Waals surface area contributed by atoms with E-state index in [0.29, 0.717) is 27.5 Å². The summed E-state index contributed by atoms with van der Waals surface area (Å²) in [5.74, 6) is 0.939. The van der Waals surface area contributed by atoms with Crippen molar-refractivity contribution in [1.29, 1.82) is 0 Å². The number of hydrogen-bond donors (Lipinski definition) is 2. The Labute approximate surface area is 186 Å². The predicted octanol–water partition coefficient (Wildman–Crippen LogP) is 4.83. The van der Waals surface area contributed by atoms with Gasteiger partial charge in [-0.25, -0.2) is 4.98 Å². The van der Waals surface area contributed by atoms with E-state index in [1.807, 2.05) is 0 Å². The van der Waals surface area contributed by atoms with Crippen LogP contribution in [0.5, 0.6) is 17.2 Å². The minimum atomic E-state index is -0.899. The zero-order chi connectivity index (χ0) is 22.2. The number of nitro benzene ring substituents is 1. The second kappa shape index (κ2) is 7.86. The molecule has 0 aliphatic carbocycles. The van der Waals surface area contributed by atoms with Crippen molar-refractivity contribution >= 4 is 34.0 Å². The third-order valence-corrected chi connectivity index (χ3v) is 5.46. The van der Waals surface area contributed by atoms with Crippen LogP contribution in [0.25, 0.3) is 10.9 Å². The van der Waals surface area contributed by atoms with E-state index >= 15 is 0 Å². The number of aromatic hydroxyl groups is 1. The van der Waals surface area contributed by atoms with Gasteiger partial charge in [-0.05, 0) is 36.4 Å². The highest BCUT2D eigenvalue weighted by Crippen LogP contribution is 2.45. The van der Waals surface area contributed by atoms with E-state index in [9.17, 15) is 15.2 Å². The Morgan fingerprint density at radius 3 is 2.59 bits per heavy atom. The topological polar surface area (TPSA) is 120 Å². The highest BCUT2D eigenvalue weighted by molar-refractivity contribution is 6.35. The number of pyridine rings is 2. The fourth-order valence-electron chi connectivity index (χ4n) is 3.68. The van der Waals surface area contributed by atoms with Crippen LogP contribution in [-0.4, -0.2) is 26.8 Å². The number of phenolic OH excluding ortho intramolecular Hbond substituents is 1. The van der Waals surface area contributed by atoms with Crippen molar-refractivity contribution in [3.63, 3.8) is 0 Å². The number of aromatic nitrogens is 2. The van der Waals surface area contributed by atoms with Crippen LogP contribution in [0.15, 0.2) is 60.9 Å². The van der Waals surface area contributed by atoms with E-state index in [1.54, 1.807) is 42.6 Å². The summed E-state index contributed by atoms with van der Waals surface area (Å²) in [5, 5.41) is 27.1. The second-order valence-electron chi connectivity index (χ2n) is 7.01. The number of ether oxygens (including phenoxy) is 2. The van der Waals surface area contributed by atoms with Crippen LogP contribution in [0.4, 0.5) is 11.5 Å². The molecule has 2 aromatic heterocycles. The summed E-state index contributed by atoms with van der Waals surface area (Å²) in [6.07, 6.45) is 3.12. The maximum absolute atomic E-state index is 11.9. The van der Waals surface area contributed by atoms with Gasteiger partial charge in [0.05, 0.1) is 27.6 Å². The zero-order valence-electron chi connectivity index (χ0n) is 16.4. The molecule has 4 aromatic rings. The molecule has 0 spiro atoms. The first-order valence-corrected chi connectivity index (χ1v) is 9.92. The number of hydrogen-bond acceptors (Lipinski definition) is 8. The minimum Gasteiger partial charge on any atom is -0.505 e. The lowest BCUT2D eigenvalue weighted by Gasteiger charge is -2.22. The molecule has 0 bridgehead atoms. The third kappa shape index (κ3) is 3.38. The summed E-state index contributed by atoms with van der Waals surface area (Å²) >= 11 is 6.49. The highest BCUT2D eigenvalue weighted by atomic mass is 35.5. The first kappa shape index (κ1) is 19.8. The molecule has 1 atom stereocenters. The van der Waals surface area contributed by atoms with Crippen LogP contribution in [0.3, 0.4) is 0 Å². The Bertz CT molecular complexity index is 1350. The summed E-state index contributed by atoms with van der Waals surface area (Å²) in [7, 11) is 0. The van der Waals surface area contributed by atoms with Crippen LogP contribution in [0, 0.1) is 10.1 Å². The van der Waals surface area contributed by atoms with Gasteiger partial charge in [0.2, 0.25) is 6.79 Å². The van der Waals surface area contributed by atoms with E-state index < -0.39 is 11.0 Å². The molecule has 0 saturated heterocycles. The number of rotatable bonds is 5. The maximum Gasteiger partial charge on any atom is 0.279 e. The average Bonchev–Trinajstić information content (AvgIpc) is 3.27. The van der Waals surface area contributed by atoms with Crippen molar-refractivity contribution in [1.82, 2.24) is 9.97 Å². The Balaban J connectivity index is 1.76. The SMILES string of the molecule is O=[N+]([O-])c1cc2c(cc1[C@@H](Nc1ccccn1)c1cc(Cl)c3cccnc3c1O)OCO2. The standard InChI is InChI=1S/C22H15ClN4O5/c23-15-8-14(22(28)21-12(15)4-3-7-25-21)20(26-19-5-1-2-6-24-19)13-9-17-18(32-11-31-17)10-16(13)27(29)30/h1-10,20,28H,11H2,(H,24,26)/t20-/m1/s1. The summed E-state index contributed by atoms with van der Waals surface area (Å²) in [6, 6.07) is 12.2. The van der Waals surface area contributed by atoms with Gasteiger partial charge in [-0.15, -0.1) is 0 Å². The monoisotopic (exact) mass is 450 g/mol. The molecule has 0 amide bonds. The first-order chi connectivity index (χ1) is 15.5. The molecule has 0 saturated carbocycles. The van der Waals surface area contributed by atoms with Crippen molar-refractivity contribution in [2.24, 2.45) is 0 Å². The van der Waals surface area contributed by atoms with Crippen molar-refractivity contribution in [3.8, 4) is 17.2 Å². The summed E-state index contributed by atoms with van der Waals surface area (Å²) in [5.41, 5.74) is 0.617. The van der Waals surface area contributed by atoms with Crippen LogP contribution < -0.4 is 14.8 Å². The molecule has 0 unspecified atom stereocenters. The predicted molar refractivity (Wildman–Crippen MR) is 117 cm³/mol. The van der Waals surface area contributed by atoms with Gasteiger partial charge in [-0.2, -0.15) is 0 Å². The molecule has 32 heavy (non-hydrogen) atoms. The van der Waals surface area contributed by atoms with Crippen molar-refractivity contribution < 1.29 is 19.5 Å². The van der Waals surface area contributed by atoms with Crippen molar-refractivity contribution in [3.05, 3.63) is 87.2 Å².